The maximum atomic E-state index is 6.22. The molecule has 0 fully saturated rings. The van der Waals surface area contributed by atoms with Gasteiger partial charge in [-0.15, -0.1) is 0 Å². The van der Waals surface area contributed by atoms with Gasteiger partial charge >= 0.3 is 0 Å². The van der Waals surface area contributed by atoms with E-state index >= 15 is 0 Å². The summed E-state index contributed by atoms with van der Waals surface area (Å²) in [5.41, 5.74) is 7.15. The zero-order valence-electron chi connectivity index (χ0n) is 10.5. The molecule has 0 aliphatic heterocycles. The largest absolute Gasteiger partial charge is 0.467 e. The van der Waals surface area contributed by atoms with E-state index in [4.69, 9.17) is 10.2 Å². The summed E-state index contributed by atoms with van der Waals surface area (Å²) >= 11 is 3.49. The normalized spacial score (nSPS) is 13.2. The summed E-state index contributed by atoms with van der Waals surface area (Å²) in [7, 11) is 4.06. The van der Waals surface area contributed by atoms with Crippen molar-refractivity contribution in [1.29, 1.82) is 0 Å². The monoisotopic (exact) mass is 312 g/mol. The van der Waals surface area contributed by atoms with Crippen molar-refractivity contribution in [2.75, 3.05) is 20.6 Å². The number of nitrogens with zero attached hydrogens (tertiary/aromatic N) is 3. The van der Waals surface area contributed by atoms with E-state index in [9.17, 15) is 0 Å². The third kappa shape index (κ3) is 2.82. The van der Waals surface area contributed by atoms with E-state index in [-0.39, 0.29) is 6.04 Å². The minimum Gasteiger partial charge on any atom is -0.467 e. The molecule has 0 saturated carbocycles. The van der Waals surface area contributed by atoms with Crippen LogP contribution in [0, 0.1) is 0 Å². The summed E-state index contributed by atoms with van der Waals surface area (Å²) in [6, 6.07) is 3.41. The Morgan fingerprint density at radius 3 is 2.94 bits per heavy atom. The Morgan fingerprint density at radius 2 is 2.33 bits per heavy atom. The van der Waals surface area contributed by atoms with Crippen molar-refractivity contribution >= 4 is 15.9 Å². The lowest BCUT2D eigenvalue weighted by molar-refractivity contribution is 0.365. The van der Waals surface area contributed by atoms with Crippen molar-refractivity contribution in [3.63, 3.8) is 0 Å². The molecule has 98 valence electrons. The Hall–Kier alpha value is -1.11. The number of aromatic nitrogens is 2. The van der Waals surface area contributed by atoms with Gasteiger partial charge in [0.15, 0.2) is 0 Å². The average Bonchev–Trinajstić information content (AvgIpc) is 2.94. The van der Waals surface area contributed by atoms with Gasteiger partial charge in [0.1, 0.15) is 11.8 Å². The maximum absolute atomic E-state index is 6.22. The quantitative estimate of drug-likeness (QED) is 0.915. The van der Waals surface area contributed by atoms with Gasteiger partial charge in [-0.3, -0.25) is 4.68 Å². The zero-order chi connectivity index (χ0) is 13.1. The molecule has 2 heterocycles. The van der Waals surface area contributed by atoms with E-state index in [1.807, 2.05) is 30.9 Å². The van der Waals surface area contributed by atoms with Crippen molar-refractivity contribution in [3.8, 4) is 0 Å². The standard InChI is InChI=1S/C12H17BrN4O/c1-16(2)5-6-17-12(9(13)8-15-17)11(14)10-4-3-7-18-10/h3-4,7-8,11H,5-6,14H2,1-2H3. The second-order valence-corrected chi connectivity index (χ2v) is 5.25. The van der Waals surface area contributed by atoms with Gasteiger partial charge in [0.05, 0.1) is 29.2 Å². The highest BCUT2D eigenvalue weighted by molar-refractivity contribution is 9.10. The number of halogens is 1. The molecule has 5 nitrogen and oxygen atoms in total. The molecule has 0 spiro atoms. The number of hydrogen-bond donors (Lipinski definition) is 1. The second-order valence-electron chi connectivity index (χ2n) is 4.40. The van der Waals surface area contributed by atoms with Gasteiger partial charge in [-0.05, 0) is 42.2 Å². The van der Waals surface area contributed by atoms with E-state index in [0.717, 1.165) is 29.0 Å². The minimum atomic E-state index is -0.306. The molecule has 2 N–H and O–H groups in total. The summed E-state index contributed by atoms with van der Waals surface area (Å²) in [5, 5.41) is 4.34. The third-order valence-electron chi connectivity index (χ3n) is 2.74. The Bertz CT molecular complexity index is 492. The van der Waals surface area contributed by atoms with Crippen molar-refractivity contribution in [1.82, 2.24) is 14.7 Å². The van der Waals surface area contributed by atoms with Crippen LogP contribution in [-0.2, 0) is 6.54 Å². The summed E-state index contributed by atoms with van der Waals surface area (Å²) < 4.78 is 8.18. The fourth-order valence-corrected chi connectivity index (χ4v) is 2.30. The second kappa shape index (κ2) is 5.69. The average molecular weight is 313 g/mol. The van der Waals surface area contributed by atoms with Crippen LogP contribution < -0.4 is 5.73 Å². The van der Waals surface area contributed by atoms with Crippen LogP contribution in [0.5, 0.6) is 0 Å². The lowest BCUT2D eigenvalue weighted by atomic mass is 10.1. The van der Waals surface area contributed by atoms with Crippen molar-refractivity contribution in [2.24, 2.45) is 5.73 Å². The molecule has 18 heavy (non-hydrogen) atoms. The molecule has 0 aliphatic rings. The Morgan fingerprint density at radius 1 is 1.56 bits per heavy atom. The van der Waals surface area contributed by atoms with Gasteiger partial charge in [0.25, 0.3) is 0 Å². The predicted octanol–water partition coefficient (Wildman–Crippen LogP) is 1.85. The van der Waals surface area contributed by atoms with E-state index in [0.29, 0.717) is 0 Å². The zero-order valence-corrected chi connectivity index (χ0v) is 12.1. The van der Waals surface area contributed by atoms with E-state index in [2.05, 4.69) is 25.9 Å². The maximum Gasteiger partial charge on any atom is 0.126 e. The molecule has 0 aromatic carbocycles. The van der Waals surface area contributed by atoms with Crippen LogP contribution >= 0.6 is 15.9 Å². The Kier molecular flexibility index (Phi) is 4.21. The number of likely N-dealkylation sites (N-methyl/N-ethyl adjacent to an activating group) is 1. The summed E-state index contributed by atoms with van der Waals surface area (Å²) in [6.07, 6.45) is 3.40. The lowest BCUT2D eigenvalue weighted by Crippen LogP contribution is -2.23. The Balaban J connectivity index is 2.23. The first-order chi connectivity index (χ1) is 8.59. The molecule has 2 aromatic heterocycles. The molecular formula is C12H17BrN4O. The van der Waals surface area contributed by atoms with Crippen molar-refractivity contribution < 1.29 is 4.42 Å². The lowest BCUT2D eigenvalue weighted by Gasteiger charge is -2.15. The van der Waals surface area contributed by atoms with Gasteiger partial charge in [0.2, 0.25) is 0 Å². The highest BCUT2D eigenvalue weighted by atomic mass is 79.9. The first kappa shape index (κ1) is 13.3. The smallest absolute Gasteiger partial charge is 0.126 e. The first-order valence-electron chi connectivity index (χ1n) is 5.74. The molecule has 0 amide bonds. The van der Waals surface area contributed by atoms with Crippen LogP contribution in [0.2, 0.25) is 0 Å². The number of rotatable bonds is 5. The predicted molar refractivity (Wildman–Crippen MR) is 73.2 cm³/mol. The van der Waals surface area contributed by atoms with Crippen LogP contribution in [0.1, 0.15) is 17.5 Å². The summed E-state index contributed by atoms with van der Waals surface area (Å²) in [6.45, 7) is 1.70. The Labute approximate surface area is 115 Å². The molecule has 0 radical (unpaired) electrons. The molecular weight excluding hydrogens is 296 g/mol. The summed E-state index contributed by atoms with van der Waals surface area (Å²) in [5.74, 6) is 0.738. The van der Waals surface area contributed by atoms with Crippen LogP contribution in [0.15, 0.2) is 33.5 Å². The topological polar surface area (TPSA) is 60.2 Å². The number of furan rings is 1. The highest BCUT2D eigenvalue weighted by Gasteiger charge is 2.20. The number of hydrogen-bond acceptors (Lipinski definition) is 4. The van der Waals surface area contributed by atoms with E-state index in [1.165, 1.54) is 0 Å². The molecule has 1 unspecified atom stereocenters. The van der Waals surface area contributed by atoms with Gasteiger partial charge in [-0.25, -0.2) is 0 Å². The van der Waals surface area contributed by atoms with Crippen molar-refractivity contribution in [2.45, 2.75) is 12.6 Å². The molecule has 2 aromatic rings. The highest BCUT2D eigenvalue weighted by Crippen LogP contribution is 2.26. The van der Waals surface area contributed by atoms with Crippen LogP contribution in [0.3, 0.4) is 0 Å². The molecule has 2 rings (SSSR count). The van der Waals surface area contributed by atoms with E-state index < -0.39 is 0 Å². The molecule has 0 saturated heterocycles. The fraction of sp³-hybridized carbons (Fsp3) is 0.417. The van der Waals surface area contributed by atoms with Gasteiger partial charge in [0, 0.05) is 6.54 Å². The van der Waals surface area contributed by atoms with Crippen LogP contribution in [0.25, 0.3) is 0 Å². The SMILES string of the molecule is CN(C)CCn1ncc(Br)c1C(N)c1ccco1. The summed E-state index contributed by atoms with van der Waals surface area (Å²) in [4.78, 5) is 2.11. The molecule has 0 bridgehead atoms. The van der Waals surface area contributed by atoms with Crippen molar-refractivity contribution in [3.05, 3.63) is 40.5 Å². The first-order valence-corrected chi connectivity index (χ1v) is 6.54. The minimum absolute atomic E-state index is 0.306. The van der Waals surface area contributed by atoms with Crippen LogP contribution in [0.4, 0.5) is 0 Å². The number of nitrogens with two attached hydrogens (primary N) is 1. The van der Waals surface area contributed by atoms with Gasteiger partial charge < -0.3 is 15.1 Å². The van der Waals surface area contributed by atoms with E-state index in [1.54, 1.807) is 12.5 Å². The molecule has 6 heteroatoms. The fourth-order valence-electron chi connectivity index (χ4n) is 1.76. The third-order valence-corrected chi connectivity index (χ3v) is 3.35. The molecule has 0 aliphatic carbocycles. The van der Waals surface area contributed by atoms with Gasteiger partial charge in [-0.2, -0.15) is 5.10 Å². The van der Waals surface area contributed by atoms with Gasteiger partial charge in [-0.1, -0.05) is 0 Å². The molecule has 1 atom stereocenters. The van der Waals surface area contributed by atoms with Crippen LogP contribution in [-0.4, -0.2) is 35.3 Å².